The number of nitrogens with one attached hydrogen (secondary N) is 5. The molecule has 0 spiro atoms. The molecule has 0 aliphatic heterocycles. The summed E-state index contributed by atoms with van der Waals surface area (Å²) < 4.78 is 57.7. The molecule has 1 saturated carbocycles. The molecule has 4 rings (SSSR count). The van der Waals surface area contributed by atoms with Gasteiger partial charge in [0.1, 0.15) is 5.82 Å². The van der Waals surface area contributed by atoms with Gasteiger partial charge >= 0.3 is 12.2 Å². The summed E-state index contributed by atoms with van der Waals surface area (Å²) >= 11 is 19.1. The average Bonchev–Trinajstić information content (AvgIpc) is 3.97. The van der Waals surface area contributed by atoms with Crippen LogP contribution in [-0.4, -0.2) is 89.1 Å². The normalized spacial score (nSPS) is 13.2. The Bertz CT molecular complexity index is 1980. The maximum absolute atomic E-state index is 15.0. The van der Waals surface area contributed by atoms with Crippen LogP contribution in [-0.2, 0) is 19.9 Å². The third kappa shape index (κ3) is 19.5. The second-order valence-electron chi connectivity index (χ2n) is 13.4. The number of thioether (sulfide) groups is 1. The number of alkyl halides is 3. The molecule has 0 aromatic heterocycles. The van der Waals surface area contributed by atoms with E-state index in [4.69, 9.17) is 34.8 Å². The number of ether oxygens (including phenoxy) is 1. The molecule has 0 radical (unpaired) electrons. The Labute approximate surface area is 365 Å². The molecular weight excluding hydrogens is 873 g/mol. The minimum atomic E-state index is -4.65. The van der Waals surface area contributed by atoms with Crippen LogP contribution in [0.2, 0.25) is 15.1 Å². The van der Waals surface area contributed by atoms with E-state index in [1.54, 1.807) is 37.4 Å². The minimum Gasteiger partial charge on any atom is -0.454 e. The quantitative estimate of drug-likeness (QED) is 0.0195. The van der Waals surface area contributed by atoms with E-state index in [0.717, 1.165) is 29.4 Å². The van der Waals surface area contributed by atoms with Crippen molar-refractivity contribution in [1.82, 2.24) is 21.3 Å². The summed E-state index contributed by atoms with van der Waals surface area (Å²) in [4.78, 5) is 49.5. The Hall–Kier alpha value is -4.75. The highest BCUT2D eigenvalue weighted by atomic mass is 35.5. The Morgan fingerprint density at radius 1 is 0.967 bits per heavy atom. The fourth-order valence-electron chi connectivity index (χ4n) is 4.67. The van der Waals surface area contributed by atoms with Crippen molar-refractivity contribution in [2.24, 2.45) is 25.4 Å². The second kappa shape index (κ2) is 25.1. The maximum Gasteiger partial charge on any atom is 0.422 e. The van der Waals surface area contributed by atoms with Crippen molar-refractivity contribution in [3.8, 4) is 0 Å². The molecule has 60 heavy (non-hydrogen) atoms. The van der Waals surface area contributed by atoms with E-state index in [1.165, 1.54) is 30.8 Å². The van der Waals surface area contributed by atoms with E-state index >= 15 is 4.39 Å². The Morgan fingerprint density at radius 3 is 2.17 bits per heavy atom. The van der Waals surface area contributed by atoms with Crippen molar-refractivity contribution < 1.29 is 36.7 Å². The molecule has 1 aliphatic rings. The number of hydrogen-bond acceptors (Lipinski definition) is 8. The first-order chi connectivity index (χ1) is 28.3. The zero-order valence-electron chi connectivity index (χ0n) is 33.2. The fraction of sp³-hybridized carbons (Fsp3) is 0.359. The van der Waals surface area contributed by atoms with Crippen molar-refractivity contribution >= 4 is 95.9 Å². The van der Waals surface area contributed by atoms with Crippen LogP contribution < -0.4 is 26.6 Å². The molecule has 0 bridgehead atoms. The maximum atomic E-state index is 15.0. The summed E-state index contributed by atoms with van der Waals surface area (Å²) in [6.45, 7) is 10.1. The van der Waals surface area contributed by atoms with E-state index in [1.807, 2.05) is 26.0 Å². The number of halogens is 7. The Balaban J connectivity index is 0.000000648. The van der Waals surface area contributed by atoms with Crippen LogP contribution in [0, 0.1) is 11.2 Å². The van der Waals surface area contributed by atoms with Crippen LogP contribution in [0.3, 0.4) is 0 Å². The Kier molecular flexibility index (Phi) is 21.5. The van der Waals surface area contributed by atoms with Crippen molar-refractivity contribution in [2.75, 3.05) is 44.6 Å². The molecule has 5 N–H and O–H groups in total. The summed E-state index contributed by atoms with van der Waals surface area (Å²) in [5.74, 6) is -1.51. The third-order valence-corrected chi connectivity index (χ3v) is 9.68. The first-order valence-corrected chi connectivity index (χ1v) is 19.9. The van der Waals surface area contributed by atoms with E-state index < -0.39 is 35.9 Å². The number of amides is 3. The highest BCUT2D eigenvalue weighted by Gasteiger charge is 2.43. The smallest absolute Gasteiger partial charge is 0.422 e. The van der Waals surface area contributed by atoms with Gasteiger partial charge in [0.15, 0.2) is 6.61 Å². The highest BCUT2D eigenvalue weighted by molar-refractivity contribution is 7.99. The van der Waals surface area contributed by atoms with Gasteiger partial charge in [0.05, 0.1) is 23.1 Å². The zero-order chi connectivity index (χ0) is 44.9. The largest absolute Gasteiger partial charge is 0.454 e. The lowest BCUT2D eigenvalue weighted by Gasteiger charge is -2.25. The lowest BCUT2D eigenvalue weighted by atomic mass is 9.93. The molecule has 1 fully saturated rings. The topological polar surface area (TPSA) is 170 Å². The first kappa shape index (κ1) is 51.4. The van der Waals surface area contributed by atoms with Gasteiger partial charge in [-0.05, 0) is 85.8 Å². The van der Waals surface area contributed by atoms with Gasteiger partial charge in [0.25, 0.3) is 5.91 Å². The minimum absolute atomic E-state index is 0.0185. The van der Waals surface area contributed by atoms with Gasteiger partial charge in [-0.2, -0.15) is 18.2 Å². The molecule has 13 nitrogen and oxygen atoms in total. The van der Waals surface area contributed by atoms with Crippen LogP contribution in [0.4, 0.5) is 23.2 Å². The number of carbonyl (C=O) groups excluding carboxylic acids is 3. The predicted molar refractivity (Wildman–Crippen MR) is 233 cm³/mol. The standard InChI is InChI=1S/C29H34ClF4N7O3.C8H7Cl2NOS.C2H5N/c1-18(42)36-14-27(2,3)15-37-24(43)22-10-9-21(13-23(22)31)40-25(41-26(35-4)44-16-29(32,33)34)38-17-39-28(11-12-28)19-5-7-20(30)8-6-19;9-6-1-2-7(10)8(3-6)13-5-11-4-12;1-3-2/h5-10,13,39H,4,11-12,14-17H2,1-3H3,(H,36,42)(H,37,43)(H,38,40);1-4H,5H2,(H,11,12);1H2,2H3/b41-26+;;. The lowest BCUT2D eigenvalue weighted by molar-refractivity contribution is -0.156. The molecule has 0 unspecified atom stereocenters. The van der Waals surface area contributed by atoms with E-state index in [-0.39, 0.29) is 41.9 Å². The fourth-order valence-corrected chi connectivity index (χ4v) is 6.04. The van der Waals surface area contributed by atoms with Crippen LogP contribution in [0.5, 0.6) is 0 Å². The molecule has 3 aromatic carbocycles. The number of carbonyl (C=O) groups is 3. The predicted octanol–water partition coefficient (Wildman–Crippen LogP) is 8.12. The highest BCUT2D eigenvalue weighted by Crippen LogP contribution is 2.45. The summed E-state index contributed by atoms with van der Waals surface area (Å²) in [6.07, 6.45) is -2.36. The monoisotopic (exact) mass is 917 g/mol. The molecule has 326 valence electrons. The first-order valence-electron chi connectivity index (χ1n) is 17.8. The SMILES string of the molecule is C=N/C(=N\C(=N/CNC1(c2ccc(Cl)cc2)CC1)Nc1ccc(C(=O)NCC(C)(C)CNC(C)=O)c(F)c1)OCC(F)(F)F.C=NC.O=CNCSc1cc(Cl)ccc1Cl. The van der Waals surface area contributed by atoms with Gasteiger partial charge < -0.3 is 31.0 Å². The average molecular weight is 919 g/mol. The number of guanidine groups is 1. The molecule has 21 heteroatoms. The second-order valence-corrected chi connectivity index (χ2v) is 15.7. The van der Waals surface area contributed by atoms with Gasteiger partial charge in [-0.25, -0.2) is 14.4 Å². The van der Waals surface area contributed by atoms with Crippen LogP contribution in [0.25, 0.3) is 0 Å². The number of anilines is 1. The molecule has 0 atom stereocenters. The number of hydrogen-bond donors (Lipinski definition) is 5. The van der Waals surface area contributed by atoms with E-state index in [9.17, 15) is 27.6 Å². The van der Waals surface area contributed by atoms with E-state index in [2.05, 4.69) is 64.7 Å². The van der Waals surface area contributed by atoms with E-state index in [0.29, 0.717) is 33.9 Å². The van der Waals surface area contributed by atoms with Crippen molar-refractivity contribution in [2.45, 2.75) is 50.2 Å². The summed E-state index contributed by atoms with van der Waals surface area (Å²) in [7, 11) is 1.64. The summed E-state index contributed by atoms with van der Waals surface area (Å²) in [5, 5.41) is 15.7. The number of aliphatic imine (C=N–C) groups is 4. The lowest BCUT2D eigenvalue weighted by Crippen LogP contribution is -2.41. The molecule has 3 aromatic rings. The van der Waals surface area contributed by atoms with Gasteiger partial charge in [-0.15, -0.1) is 11.8 Å². The van der Waals surface area contributed by atoms with Gasteiger partial charge in [0.2, 0.25) is 18.3 Å². The molecule has 0 saturated heterocycles. The summed E-state index contributed by atoms with van der Waals surface area (Å²) in [5.41, 5.74) is 0.00812. The van der Waals surface area contributed by atoms with Crippen molar-refractivity contribution in [3.63, 3.8) is 0 Å². The zero-order valence-corrected chi connectivity index (χ0v) is 36.3. The van der Waals surface area contributed by atoms with Crippen LogP contribution in [0.15, 0.2) is 85.5 Å². The molecule has 3 amide bonds. The molecule has 0 heterocycles. The van der Waals surface area contributed by atoms with Crippen LogP contribution >= 0.6 is 46.6 Å². The third-order valence-electron chi connectivity index (χ3n) is 7.80. The van der Waals surface area contributed by atoms with Crippen LogP contribution in [0.1, 0.15) is 49.5 Å². The van der Waals surface area contributed by atoms with Crippen molar-refractivity contribution in [3.05, 3.63) is 92.7 Å². The number of rotatable bonds is 15. The number of amidine groups is 1. The van der Waals surface area contributed by atoms with Gasteiger partial charge in [-0.3, -0.25) is 19.7 Å². The number of nitrogens with zero attached hydrogens (tertiary/aromatic N) is 4. The number of benzene rings is 3. The Morgan fingerprint density at radius 2 is 1.60 bits per heavy atom. The summed E-state index contributed by atoms with van der Waals surface area (Å²) in [6, 6.07) is 15.5. The van der Waals surface area contributed by atoms with Gasteiger partial charge in [0, 0.05) is 53.2 Å². The van der Waals surface area contributed by atoms with Gasteiger partial charge in [-0.1, -0.05) is 60.8 Å². The van der Waals surface area contributed by atoms with Crippen molar-refractivity contribution in [1.29, 1.82) is 0 Å². The molecular formula is C39H46Cl3F4N9O4S. The molecule has 1 aliphatic carbocycles.